The van der Waals surface area contributed by atoms with Crippen molar-refractivity contribution in [2.75, 3.05) is 25.7 Å². The fourth-order valence-electron chi connectivity index (χ4n) is 2.39. The molecule has 0 atom stereocenters. The Balaban J connectivity index is 1.98. The molecule has 2 rings (SSSR count). The summed E-state index contributed by atoms with van der Waals surface area (Å²) in [7, 11) is 1.58. The van der Waals surface area contributed by atoms with Crippen LogP contribution in [0.1, 0.15) is 37.4 Å². The number of aromatic nitrogens is 1. The zero-order chi connectivity index (χ0) is 20.9. The molecule has 0 spiro atoms. The molecule has 1 N–H and O–H groups in total. The number of anilines is 1. The SMILES string of the molecule is CCOC(=O)Cc1csc(NN=Cc2cccc(OC)c2OCCCCC#N)n1. The van der Waals surface area contributed by atoms with Gasteiger partial charge in [0.15, 0.2) is 11.5 Å². The number of thiazole rings is 1. The van der Waals surface area contributed by atoms with Gasteiger partial charge in [0.1, 0.15) is 0 Å². The van der Waals surface area contributed by atoms with Gasteiger partial charge < -0.3 is 14.2 Å². The summed E-state index contributed by atoms with van der Waals surface area (Å²) in [6.07, 6.45) is 3.84. The molecule has 8 nitrogen and oxygen atoms in total. The Hall–Kier alpha value is -3.12. The van der Waals surface area contributed by atoms with Crippen LogP contribution in [0.25, 0.3) is 0 Å². The van der Waals surface area contributed by atoms with E-state index < -0.39 is 0 Å². The number of nitrogens with zero attached hydrogens (tertiary/aromatic N) is 3. The van der Waals surface area contributed by atoms with Crippen LogP contribution in [0.3, 0.4) is 0 Å². The molecule has 0 radical (unpaired) electrons. The molecule has 154 valence electrons. The Bertz CT molecular complexity index is 860. The van der Waals surface area contributed by atoms with Crippen molar-refractivity contribution < 1.29 is 19.0 Å². The van der Waals surface area contributed by atoms with Gasteiger partial charge in [-0.15, -0.1) is 11.3 Å². The van der Waals surface area contributed by atoms with Crippen molar-refractivity contribution in [3.63, 3.8) is 0 Å². The predicted octanol–water partition coefficient (Wildman–Crippen LogP) is 3.78. The van der Waals surface area contributed by atoms with Crippen LogP contribution in [-0.4, -0.2) is 37.5 Å². The van der Waals surface area contributed by atoms with Crippen molar-refractivity contribution in [3.05, 3.63) is 34.8 Å². The first-order valence-electron chi connectivity index (χ1n) is 9.23. The van der Waals surface area contributed by atoms with E-state index in [1.54, 1.807) is 25.6 Å². The van der Waals surface area contributed by atoms with Crippen LogP contribution < -0.4 is 14.9 Å². The minimum Gasteiger partial charge on any atom is -0.493 e. The smallest absolute Gasteiger partial charge is 0.311 e. The Kier molecular flexibility index (Phi) is 9.45. The summed E-state index contributed by atoms with van der Waals surface area (Å²) in [5.41, 5.74) is 4.24. The van der Waals surface area contributed by atoms with E-state index in [4.69, 9.17) is 19.5 Å². The minimum absolute atomic E-state index is 0.134. The maximum Gasteiger partial charge on any atom is 0.311 e. The van der Waals surface area contributed by atoms with Crippen LogP contribution in [0.2, 0.25) is 0 Å². The summed E-state index contributed by atoms with van der Waals surface area (Å²) in [5.74, 6) is 0.903. The molecular weight excluding hydrogens is 392 g/mol. The quantitative estimate of drug-likeness (QED) is 0.243. The Labute approximate surface area is 174 Å². The van der Waals surface area contributed by atoms with E-state index in [-0.39, 0.29) is 12.4 Å². The van der Waals surface area contributed by atoms with E-state index in [0.29, 0.717) is 42.0 Å². The average Bonchev–Trinajstić information content (AvgIpc) is 3.15. The molecule has 29 heavy (non-hydrogen) atoms. The summed E-state index contributed by atoms with van der Waals surface area (Å²) in [4.78, 5) is 15.8. The van der Waals surface area contributed by atoms with E-state index in [0.717, 1.165) is 18.4 Å². The Morgan fingerprint density at radius 3 is 3.03 bits per heavy atom. The van der Waals surface area contributed by atoms with Crippen molar-refractivity contribution in [1.29, 1.82) is 5.26 Å². The van der Waals surface area contributed by atoms with Crippen molar-refractivity contribution in [2.45, 2.75) is 32.6 Å². The molecule has 0 saturated heterocycles. The van der Waals surface area contributed by atoms with Gasteiger partial charge in [-0.25, -0.2) is 4.98 Å². The molecule has 0 unspecified atom stereocenters. The molecule has 0 aliphatic rings. The molecule has 0 amide bonds. The molecule has 0 bridgehead atoms. The molecular formula is C20H24N4O4S. The monoisotopic (exact) mass is 416 g/mol. The van der Waals surface area contributed by atoms with Gasteiger partial charge in [-0.3, -0.25) is 10.2 Å². The highest BCUT2D eigenvalue weighted by Crippen LogP contribution is 2.30. The number of ether oxygens (including phenoxy) is 3. The third-order valence-corrected chi connectivity index (χ3v) is 4.50. The van der Waals surface area contributed by atoms with Crippen LogP contribution in [-0.2, 0) is 16.0 Å². The number of hydrogen-bond acceptors (Lipinski definition) is 9. The lowest BCUT2D eigenvalue weighted by molar-refractivity contribution is -0.142. The molecule has 2 aromatic rings. The third-order valence-electron chi connectivity index (χ3n) is 3.70. The molecule has 0 aliphatic heterocycles. The Morgan fingerprint density at radius 2 is 2.28 bits per heavy atom. The summed E-state index contributed by atoms with van der Waals surface area (Å²) >= 11 is 1.35. The number of benzene rings is 1. The first-order valence-corrected chi connectivity index (χ1v) is 10.1. The maximum absolute atomic E-state index is 11.5. The van der Waals surface area contributed by atoms with Gasteiger partial charge in [0.25, 0.3) is 0 Å². The van der Waals surface area contributed by atoms with Crippen LogP contribution in [0, 0.1) is 11.3 Å². The highest BCUT2D eigenvalue weighted by atomic mass is 32.1. The highest BCUT2D eigenvalue weighted by molar-refractivity contribution is 7.13. The summed E-state index contributed by atoms with van der Waals surface area (Å²) in [5, 5.41) is 15.2. The largest absolute Gasteiger partial charge is 0.493 e. The van der Waals surface area contributed by atoms with Crippen molar-refractivity contribution in [3.8, 4) is 17.6 Å². The summed E-state index contributed by atoms with van der Waals surface area (Å²) in [6.45, 7) is 2.60. The fourth-order valence-corrected chi connectivity index (χ4v) is 3.05. The number of hydrazone groups is 1. The van der Waals surface area contributed by atoms with Crippen molar-refractivity contribution in [2.24, 2.45) is 5.10 Å². The molecule has 9 heteroatoms. The number of methoxy groups -OCH3 is 1. The van der Waals surface area contributed by atoms with Gasteiger partial charge in [-0.1, -0.05) is 6.07 Å². The number of unbranched alkanes of at least 4 members (excludes halogenated alkanes) is 2. The zero-order valence-corrected chi connectivity index (χ0v) is 17.3. The van der Waals surface area contributed by atoms with Gasteiger partial charge >= 0.3 is 5.97 Å². The van der Waals surface area contributed by atoms with E-state index in [1.165, 1.54) is 11.3 Å². The van der Waals surface area contributed by atoms with Crippen molar-refractivity contribution >= 4 is 28.7 Å². The summed E-state index contributed by atoms with van der Waals surface area (Å²) < 4.78 is 16.2. The Morgan fingerprint density at radius 1 is 1.41 bits per heavy atom. The van der Waals surface area contributed by atoms with E-state index >= 15 is 0 Å². The normalized spacial score (nSPS) is 10.5. The molecule has 0 fully saturated rings. The molecule has 0 aliphatic carbocycles. The van der Waals surface area contributed by atoms with Gasteiger partial charge in [0.2, 0.25) is 5.13 Å². The number of nitrogens with one attached hydrogen (secondary N) is 1. The van der Waals surface area contributed by atoms with Gasteiger partial charge in [0, 0.05) is 17.4 Å². The van der Waals surface area contributed by atoms with Gasteiger partial charge in [-0.2, -0.15) is 10.4 Å². The summed E-state index contributed by atoms with van der Waals surface area (Å²) in [6, 6.07) is 7.66. The fraction of sp³-hybridized carbons (Fsp3) is 0.400. The standard InChI is InChI=1S/C20H24N4O4S/c1-3-27-18(25)12-16-14-29-20(23-16)24-22-13-15-8-7-9-17(26-2)19(15)28-11-6-4-5-10-21/h7-9,13-14H,3-6,11-12H2,1-2H3,(H,23,24). The maximum atomic E-state index is 11.5. The second kappa shape index (κ2) is 12.4. The molecule has 0 saturated carbocycles. The first-order chi connectivity index (χ1) is 14.2. The van der Waals surface area contributed by atoms with Crippen molar-refractivity contribution in [1.82, 2.24) is 4.98 Å². The van der Waals surface area contributed by atoms with Crippen LogP contribution in [0.4, 0.5) is 5.13 Å². The predicted molar refractivity (Wildman–Crippen MR) is 112 cm³/mol. The second-order valence-electron chi connectivity index (χ2n) is 5.84. The number of carbonyl (C=O) groups is 1. The number of esters is 1. The van der Waals surface area contributed by atoms with E-state index in [1.807, 2.05) is 18.2 Å². The number of nitriles is 1. The minimum atomic E-state index is -0.305. The number of carbonyl (C=O) groups excluding carboxylic acids is 1. The average molecular weight is 417 g/mol. The third kappa shape index (κ3) is 7.43. The van der Waals surface area contributed by atoms with Gasteiger partial charge in [-0.05, 0) is 31.9 Å². The lowest BCUT2D eigenvalue weighted by atomic mass is 10.2. The lowest BCUT2D eigenvalue weighted by Crippen LogP contribution is -2.07. The zero-order valence-electron chi connectivity index (χ0n) is 16.5. The highest BCUT2D eigenvalue weighted by Gasteiger charge is 2.10. The topological polar surface area (TPSA) is 106 Å². The number of hydrogen-bond donors (Lipinski definition) is 1. The lowest BCUT2D eigenvalue weighted by Gasteiger charge is -2.12. The van der Waals surface area contributed by atoms with E-state index in [9.17, 15) is 4.79 Å². The van der Waals surface area contributed by atoms with Crippen LogP contribution in [0.15, 0.2) is 28.7 Å². The van der Waals surface area contributed by atoms with Crippen LogP contribution >= 0.6 is 11.3 Å². The van der Waals surface area contributed by atoms with E-state index in [2.05, 4.69) is 21.6 Å². The first kappa shape index (κ1) is 22.2. The number of para-hydroxylation sites is 1. The molecule has 1 aromatic carbocycles. The molecule has 1 aromatic heterocycles. The second-order valence-corrected chi connectivity index (χ2v) is 6.70. The van der Waals surface area contributed by atoms with Crippen LogP contribution in [0.5, 0.6) is 11.5 Å². The van der Waals surface area contributed by atoms with Gasteiger partial charge in [0.05, 0.1) is 44.7 Å². The number of rotatable bonds is 12. The molecule has 1 heterocycles.